The van der Waals surface area contributed by atoms with E-state index in [-0.39, 0.29) is 5.56 Å². The van der Waals surface area contributed by atoms with Gasteiger partial charge in [-0.25, -0.2) is 9.97 Å². The molecule has 200 valence electrons. The molecule has 3 aliphatic heterocycles. The van der Waals surface area contributed by atoms with E-state index >= 15 is 0 Å². The molecule has 7 heterocycles. The molecule has 0 radical (unpaired) electrons. The normalized spacial score (nSPS) is 18.6. The molecule has 39 heavy (non-hydrogen) atoms. The third-order valence-electron chi connectivity index (χ3n) is 7.71. The predicted octanol–water partition coefficient (Wildman–Crippen LogP) is 3.53. The van der Waals surface area contributed by atoms with Gasteiger partial charge in [0.1, 0.15) is 23.2 Å². The minimum Gasteiger partial charge on any atom is -0.493 e. The van der Waals surface area contributed by atoms with E-state index in [0.717, 1.165) is 43.0 Å². The summed E-state index contributed by atoms with van der Waals surface area (Å²) >= 11 is 0. The molecular formula is C29H31N7O3. The van der Waals surface area contributed by atoms with Crippen molar-refractivity contribution < 1.29 is 9.47 Å². The molecular weight excluding hydrogens is 494 g/mol. The number of H-pyrrole nitrogens is 1. The van der Waals surface area contributed by atoms with Gasteiger partial charge in [0.25, 0.3) is 5.56 Å². The molecule has 10 heteroatoms. The number of piperidine rings is 1. The first kappa shape index (κ1) is 24.9. The van der Waals surface area contributed by atoms with Gasteiger partial charge in [0.2, 0.25) is 5.88 Å². The number of fused-ring (bicyclic) bond motifs is 3. The Labute approximate surface area is 226 Å². The van der Waals surface area contributed by atoms with Crippen LogP contribution in [0.2, 0.25) is 0 Å². The van der Waals surface area contributed by atoms with Crippen LogP contribution in [0, 0.1) is 18.3 Å². The number of ether oxygens (including phenoxy) is 2. The van der Waals surface area contributed by atoms with Crippen molar-refractivity contribution in [3.8, 4) is 28.8 Å². The molecule has 7 rings (SSSR count). The van der Waals surface area contributed by atoms with Gasteiger partial charge in [-0.1, -0.05) is 13.0 Å². The second-order valence-corrected chi connectivity index (χ2v) is 10.2. The number of aryl methyl sites for hydroxylation is 1. The summed E-state index contributed by atoms with van der Waals surface area (Å²) in [7, 11) is 1.63. The number of aromatic amines is 1. The summed E-state index contributed by atoms with van der Waals surface area (Å²) in [5.74, 6) is 2.22. The molecule has 3 saturated heterocycles. The third kappa shape index (κ3) is 4.38. The Morgan fingerprint density at radius 2 is 1.97 bits per heavy atom. The zero-order valence-electron chi connectivity index (χ0n) is 22.3. The van der Waals surface area contributed by atoms with Crippen LogP contribution in [0.5, 0.6) is 11.6 Å². The number of nitriles is 1. The van der Waals surface area contributed by atoms with Crippen LogP contribution in [0.1, 0.15) is 36.5 Å². The third-order valence-corrected chi connectivity index (χ3v) is 7.71. The molecule has 0 aliphatic carbocycles. The summed E-state index contributed by atoms with van der Waals surface area (Å²) < 4.78 is 12.9. The molecule has 10 nitrogen and oxygen atoms in total. The van der Waals surface area contributed by atoms with Crippen LogP contribution in [0.25, 0.3) is 16.6 Å². The minimum absolute atomic E-state index is 0.0682. The van der Waals surface area contributed by atoms with Crippen molar-refractivity contribution in [3.05, 3.63) is 69.9 Å². The monoisotopic (exact) mass is 525 g/mol. The first-order valence-corrected chi connectivity index (χ1v) is 13.3. The number of anilines is 1. The summed E-state index contributed by atoms with van der Waals surface area (Å²) in [6.07, 6.45) is 7.54. The topological polar surface area (TPSA) is 112 Å². The van der Waals surface area contributed by atoms with E-state index in [0.29, 0.717) is 41.4 Å². The number of nitrogens with one attached hydrogen (secondary N) is 1. The van der Waals surface area contributed by atoms with Gasteiger partial charge >= 0.3 is 0 Å². The van der Waals surface area contributed by atoms with Crippen molar-refractivity contribution in [2.75, 3.05) is 31.7 Å². The first-order chi connectivity index (χ1) is 19.0. The molecule has 2 atom stereocenters. The fourth-order valence-corrected chi connectivity index (χ4v) is 5.80. The van der Waals surface area contributed by atoms with Crippen LogP contribution in [-0.2, 0) is 6.54 Å². The van der Waals surface area contributed by atoms with Crippen LogP contribution >= 0.6 is 0 Å². The maximum absolute atomic E-state index is 12.5. The lowest BCUT2D eigenvalue weighted by atomic mass is 9.87. The molecule has 0 saturated carbocycles. The molecule has 2 unspecified atom stereocenters. The SMILES string of the molecule is CCCOc1c(C)cn2[nH]c(=O)c(C#N)c2c1-c1ccc(N2CC3CC(C2)N3Cc2ccc(OC)nc2)nc1. The van der Waals surface area contributed by atoms with E-state index in [2.05, 4.69) is 32.0 Å². The van der Waals surface area contributed by atoms with Crippen LogP contribution in [-0.4, -0.2) is 63.4 Å². The van der Waals surface area contributed by atoms with E-state index < -0.39 is 5.56 Å². The van der Waals surface area contributed by atoms with E-state index in [1.807, 2.05) is 44.4 Å². The summed E-state index contributed by atoms with van der Waals surface area (Å²) in [4.78, 5) is 26.5. The number of piperazine rings is 1. The highest BCUT2D eigenvalue weighted by Crippen LogP contribution is 2.39. The first-order valence-electron chi connectivity index (χ1n) is 13.3. The summed E-state index contributed by atoms with van der Waals surface area (Å²) in [6, 6.07) is 11.0. The lowest BCUT2D eigenvalue weighted by molar-refractivity contribution is -0.00876. The Morgan fingerprint density at radius 1 is 1.15 bits per heavy atom. The summed E-state index contributed by atoms with van der Waals surface area (Å²) in [5.41, 5.74) is 3.73. The fourth-order valence-electron chi connectivity index (χ4n) is 5.80. The van der Waals surface area contributed by atoms with E-state index in [4.69, 9.17) is 14.5 Å². The van der Waals surface area contributed by atoms with Gasteiger partial charge in [-0.2, -0.15) is 5.26 Å². The highest BCUT2D eigenvalue weighted by Gasteiger charge is 2.44. The number of hydrogen-bond donors (Lipinski definition) is 1. The Kier molecular flexibility index (Phi) is 6.45. The molecule has 2 bridgehead atoms. The summed E-state index contributed by atoms with van der Waals surface area (Å²) in [5, 5.41) is 12.5. The lowest BCUT2D eigenvalue weighted by Crippen LogP contribution is -2.68. The van der Waals surface area contributed by atoms with Gasteiger partial charge in [0, 0.05) is 67.5 Å². The average Bonchev–Trinajstić information content (AvgIpc) is 3.28. The Morgan fingerprint density at radius 3 is 2.62 bits per heavy atom. The number of methoxy groups -OCH3 is 1. The van der Waals surface area contributed by atoms with E-state index in [9.17, 15) is 10.1 Å². The molecule has 3 fully saturated rings. The lowest BCUT2D eigenvalue weighted by Gasteiger charge is -2.56. The number of nitrogens with zero attached hydrogens (tertiary/aromatic N) is 6. The maximum Gasteiger partial charge on any atom is 0.283 e. The molecule has 0 amide bonds. The number of hydrogen-bond acceptors (Lipinski definition) is 8. The van der Waals surface area contributed by atoms with Gasteiger partial charge in [0.05, 0.1) is 24.8 Å². The second kappa shape index (κ2) is 10.1. The summed E-state index contributed by atoms with van der Waals surface area (Å²) in [6.45, 7) is 7.23. The highest BCUT2D eigenvalue weighted by molar-refractivity contribution is 5.89. The maximum atomic E-state index is 12.5. The number of aromatic nitrogens is 4. The van der Waals surface area contributed by atoms with Crippen LogP contribution in [0.3, 0.4) is 0 Å². The molecule has 3 aliphatic rings. The van der Waals surface area contributed by atoms with Crippen molar-refractivity contribution >= 4 is 11.3 Å². The van der Waals surface area contributed by atoms with Crippen LogP contribution in [0.15, 0.2) is 47.7 Å². The Balaban J connectivity index is 1.25. The highest BCUT2D eigenvalue weighted by atomic mass is 16.5. The van der Waals surface area contributed by atoms with Crippen LogP contribution < -0.4 is 19.9 Å². The van der Waals surface area contributed by atoms with E-state index in [1.165, 1.54) is 12.0 Å². The quantitative estimate of drug-likeness (QED) is 0.372. The Hall–Kier alpha value is -4.36. The molecule has 1 N–H and O–H groups in total. The van der Waals surface area contributed by atoms with Crippen molar-refractivity contribution in [2.24, 2.45) is 0 Å². The zero-order chi connectivity index (χ0) is 27.1. The van der Waals surface area contributed by atoms with Crippen molar-refractivity contribution in [3.63, 3.8) is 0 Å². The standard InChI is InChI=1S/C29H31N7O3/c1-4-9-39-28-18(2)14-36-27(23(11-30)29(37)33-36)26(28)20-6-7-24(31-13-20)34-16-21-10-22(17-34)35(21)15-19-5-8-25(38-3)32-12-19/h5-8,12-14,21-22H,4,9-10,15-17H2,1-3H3,(H,33,37). The van der Waals surface area contributed by atoms with Crippen molar-refractivity contribution in [2.45, 2.75) is 45.3 Å². The van der Waals surface area contributed by atoms with Gasteiger partial charge in [-0.3, -0.25) is 19.3 Å². The number of rotatable bonds is 8. The largest absolute Gasteiger partial charge is 0.493 e. The van der Waals surface area contributed by atoms with E-state index in [1.54, 1.807) is 17.8 Å². The Bertz CT molecular complexity index is 1590. The van der Waals surface area contributed by atoms with Crippen LogP contribution in [0.4, 0.5) is 5.82 Å². The van der Waals surface area contributed by atoms with Gasteiger partial charge < -0.3 is 14.4 Å². The predicted molar refractivity (Wildman–Crippen MR) is 147 cm³/mol. The van der Waals surface area contributed by atoms with Gasteiger partial charge in [-0.15, -0.1) is 0 Å². The van der Waals surface area contributed by atoms with Crippen molar-refractivity contribution in [1.82, 2.24) is 24.5 Å². The zero-order valence-corrected chi connectivity index (χ0v) is 22.3. The fraction of sp³-hybridized carbons (Fsp3) is 0.379. The van der Waals surface area contributed by atoms with Gasteiger partial charge in [0.15, 0.2) is 0 Å². The smallest absolute Gasteiger partial charge is 0.283 e. The molecule has 0 spiro atoms. The molecule has 4 aromatic heterocycles. The minimum atomic E-state index is -0.419. The van der Waals surface area contributed by atoms with Crippen molar-refractivity contribution in [1.29, 1.82) is 5.26 Å². The second-order valence-electron chi connectivity index (χ2n) is 10.2. The number of pyridine rings is 3. The molecule has 4 aromatic rings. The molecule has 0 aromatic carbocycles. The average molecular weight is 526 g/mol. The van der Waals surface area contributed by atoms with Gasteiger partial charge in [-0.05, 0) is 37.5 Å².